The molecule has 0 aliphatic carbocycles. The van der Waals surface area contributed by atoms with E-state index in [-0.39, 0.29) is 12.3 Å². The molecule has 1 fully saturated rings. The van der Waals surface area contributed by atoms with Gasteiger partial charge in [0.15, 0.2) is 0 Å². The first-order chi connectivity index (χ1) is 6.11. The van der Waals surface area contributed by atoms with E-state index in [0.717, 1.165) is 0 Å². The van der Waals surface area contributed by atoms with E-state index in [1.807, 2.05) is 0 Å². The molecule has 0 aromatic rings. The third kappa shape index (κ3) is 2.69. The van der Waals surface area contributed by atoms with Crippen molar-refractivity contribution in [2.45, 2.75) is 12.8 Å². The van der Waals surface area contributed by atoms with Crippen LogP contribution in [0.4, 0.5) is 0 Å². The van der Waals surface area contributed by atoms with Crippen LogP contribution in [-0.2, 0) is 9.59 Å². The standard InChI is InChI=1S/C8H13NO4/c10-7(11)3-5-4-9-2-1-6(5)8(12)13/h5-6,9H,1-4H2,(H,10,11)(H,12,13)/t5-,6-/m1/s1. The fourth-order valence-corrected chi connectivity index (χ4v) is 1.69. The van der Waals surface area contributed by atoms with E-state index in [2.05, 4.69) is 5.32 Å². The Morgan fingerprint density at radius 1 is 1.38 bits per heavy atom. The maximum absolute atomic E-state index is 10.7. The lowest BCUT2D eigenvalue weighted by molar-refractivity contribution is -0.146. The highest BCUT2D eigenvalue weighted by atomic mass is 16.4. The maximum atomic E-state index is 10.7. The van der Waals surface area contributed by atoms with E-state index in [4.69, 9.17) is 10.2 Å². The van der Waals surface area contributed by atoms with Gasteiger partial charge in [0.2, 0.25) is 0 Å². The van der Waals surface area contributed by atoms with Crippen molar-refractivity contribution in [1.82, 2.24) is 5.32 Å². The highest BCUT2D eigenvalue weighted by Gasteiger charge is 2.31. The van der Waals surface area contributed by atoms with Crippen LogP contribution in [0, 0.1) is 11.8 Å². The van der Waals surface area contributed by atoms with E-state index in [0.29, 0.717) is 19.5 Å². The zero-order chi connectivity index (χ0) is 9.84. The van der Waals surface area contributed by atoms with Crippen LogP contribution in [0.1, 0.15) is 12.8 Å². The zero-order valence-electron chi connectivity index (χ0n) is 7.19. The number of rotatable bonds is 3. The van der Waals surface area contributed by atoms with Gasteiger partial charge in [-0.3, -0.25) is 9.59 Å². The molecule has 0 bridgehead atoms. The Morgan fingerprint density at radius 3 is 2.62 bits per heavy atom. The van der Waals surface area contributed by atoms with Crippen LogP contribution in [0.5, 0.6) is 0 Å². The Bertz CT molecular complexity index is 216. The first-order valence-corrected chi connectivity index (χ1v) is 4.26. The van der Waals surface area contributed by atoms with Crippen LogP contribution in [-0.4, -0.2) is 35.2 Å². The molecule has 0 saturated carbocycles. The summed E-state index contributed by atoms with van der Waals surface area (Å²) in [5.41, 5.74) is 0. The summed E-state index contributed by atoms with van der Waals surface area (Å²) in [5.74, 6) is -2.59. The smallest absolute Gasteiger partial charge is 0.306 e. The number of hydrogen-bond acceptors (Lipinski definition) is 3. The highest BCUT2D eigenvalue weighted by Crippen LogP contribution is 2.22. The first kappa shape index (κ1) is 9.98. The molecule has 1 saturated heterocycles. The van der Waals surface area contributed by atoms with Crippen LogP contribution < -0.4 is 5.32 Å². The van der Waals surface area contributed by atoms with Crippen molar-refractivity contribution >= 4 is 11.9 Å². The maximum Gasteiger partial charge on any atom is 0.306 e. The Morgan fingerprint density at radius 2 is 2.08 bits per heavy atom. The molecule has 3 N–H and O–H groups in total. The SMILES string of the molecule is O=C(O)C[C@@H]1CNCC[C@H]1C(=O)O. The Kier molecular flexibility index (Phi) is 3.25. The summed E-state index contributed by atoms with van der Waals surface area (Å²) >= 11 is 0. The molecule has 0 spiro atoms. The molecule has 0 unspecified atom stereocenters. The van der Waals surface area contributed by atoms with Gasteiger partial charge in [0, 0.05) is 0 Å². The minimum Gasteiger partial charge on any atom is -0.481 e. The molecule has 0 amide bonds. The summed E-state index contributed by atoms with van der Waals surface area (Å²) < 4.78 is 0. The van der Waals surface area contributed by atoms with Crippen molar-refractivity contribution in [2.24, 2.45) is 11.8 Å². The third-order valence-corrected chi connectivity index (χ3v) is 2.36. The molecule has 1 heterocycles. The second kappa shape index (κ2) is 4.23. The molecule has 0 aromatic heterocycles. The predicted octanol–water partition coefficient (Wildman–Crippen LogP) is -0.229. The van der Waals surface area contributed by atoms with Crippen LogP contribution in [0.25, 0.3) is 0 Å². The van der Waals surface area contributed by atoms with Gasteiger partial charge in [-0.05, 0) is 25.4 Å². The summed E-state index contributed by atoms with van der Waals surface area (Å²) in [6, 6.07) is 0. The van der Waals surface area contributed by atoms with Crippen molar-refractivity contribution in [3.05, 3.63) is 0 Å². The summed E-state index contributed by atoms with van der Waals surface area (Å²) in [6.07, 6.45) is 0.456. The number of aliphatic carboxylic acids is 2. The van der Waals surface area contributed by atoms with Gasteiger partial charge < -0.3 is 15.5 Å². The van der Waals surface area contributed by atoms with E-state index in [1.54, 1.807) is 0 Å². The number of carboxylic acids is 2. The number of nitrogens with one attached hydrogen (secondary N) is 1. The first-order valence-electron chi connectivity index (χ1n) is 4.26. The number of hydrogen-bond donors (Lipinski definition) is 3. The Balaban J connectivity index is 2.56. The average Bonchev–Trinajstić information content (AvgIpc) is 2.03. The summed E-state index contributed by atoms with van der Waals surface area (Å²) in [4.78, 5) is 21.1. The third-order valence-electron chi connectivity index (χ3n) is 2.36. The summed E-state index contributed by atoms with van der Waals surface area (Å²) in [7, 11) is 0. The lowest BCUT2D eigenvalue weighted by atomic mass is 9.84. The molecule has 74 valence electrons. The summed E-state index contributed by atoms with van der Waals surface area (Å²) in [5, 5.41) is 20.3. The topological polar surface area (TPSA) is 86.6 Å². The van der Waals surface area contributed by atoms with Crippen LogP contribution in [0.2, 0.25) is 0 Å². The van der Waals surface area contributed by atoms with Gasteiger partial charge in [-0.1, -0.05) is 0 Å². The molecule has 5 nitrogen and oxygen atoms in total. The Hall–Kier alpha value is -1.10. The van der Waals surface area contributed by atoms with Gasteiger partial charge in [0.1, 0.15) is 0 Å². The minimum absolute atomic E-state index is 0.0655. The molecular formula is C8H13NO4. The average molecular weight is 187 g/mol. The molecule has 13 heavy (non-hydrogen) atoms. The van der Waals surface area contributed by atoms with Gasteiger partial charge in [-0.2, -0.15) is 0 Å². The largest absolute Gasteiger partial charge is 0.481 e. The molecule has 1 rings (SSSR count). The number of carbonyl (C=O) groups is 2. The highest BCUT2D eigenvalue weighted by molar-refractivity contribution is 5.73. The normalized spacial score (nSPS) is 28.3. The zero-order valence-corrected chi connectivity index (χ0v) is 7.19. The fourth-order valence-electron chi connectivity index (χ4n) is 1.69. The van der Waals surface area contributed by atoms with Crippen molar-refractivity contribution in [3.63, 3.8) is 0 Å². The number of piperidine rings is 1. The van der Waals surface area contributed by atoms with Gasteiger partial charge >= 0.3 is 11.9 Å². The minimum atomic E-state index is -0.931. The monoisotopic (exact) mass is 187 g/mol. The van der Waals surface area contributed by atoms with Crippen molar-refractivity contribution < 1.29 is 19.8 Å². The van der Waals surface area contributed by atoms with Crippen LogP contribution in [0.3, 0.4) is 0 Å². The Labute approximate surface area is 75.7 Å². The van der Waals surface area contributed by atoms with Crippen molar-refractivity contribution in [3.8, 4) is 0 Å². The molecule has 2 atom stereocenters. The van der Waals surface area contributed by atoms with Crippen LogP contribution >= 0.6 is 0 Å². The van der Waals surface area contributed by atoms with Gasteiger partial charge in [0.25, 0.3) is 0 Å². The van der Waals surface area contributed by atoms with Crippen molar-refractivity contribution in [2.75, 3.05) is 13.1 Å². The van der Waals surface area contributed by atoms with Gasteiger partial charge in [0.05, 0.1) is 12.3 Å². The predicted molar refractivity (Wildman–Crippen MR) is 44.4 cm³/mol. The molecule has 5 heteroatoms. The van der Waals surface area contributed by atoms with Crippen molar-refractivity contribution in [1.29, 1.82) is 0 Å². The van der Waals surface area contributed by atoms with E-state index in [9.17, 15) is 9.59 Å². The molecule has 0 aromatic carbocycles. The van der Waals surface area contributed by atoms with E-state index >= 15 is 0 Å². The molecule has 0 radical (unpaired) electrons. The quantitative estimate of drug-likeness (QED) is 0.568. The second-order valence-electron chi connectivity index (χ2n) is 3.30. The molecule has 1 aliphatic rings. The van der Waals surface area contributed by atoms with Gasteiger partial charge in [-0.15, -0.1) is 0 Å². The van der Waals surface area contributed by atoms with Gasteiger partial charge in [-0.25, -0.2) is 0 Å². The lowest BCUT2D eigenvalue weighted by Crippen LogP contribution is -2.41. The second-order valence-corrected chi connectivity index (χ2v) is 3.30. The van der Waals surface area contributed by atoms with E-state index < -0.39 is 17.9 Å². The lowest BCUT2D eigenvalue weighted by Gasteiger charge is -2.27. The fraction of sp³-hybridized carbons (Fsp3) is 0.750. The molecule has 1 aliphatic heterocycles. The molecular weight excluding hydrogens is 174 g/mol. The van der Waals surface area contributed by atoms with Crippen LogP contribution in [0.15, 0.2) is 0 Å². The summed E-state index contributed by atoms with van der Waals surface area (Å²) in [6.45, 7) is 1.15. The van der Waals surface area contributed by atoms with E-state index in [1.165, 1.54) is 0 Å². The number of carboxylic acid groups (broad SMARTS) is 2.